The van der Waals surface area contributed by atoms with Crippen LogP contribution >= 0.6 is 22.9 Å². The van der Waals surface area contributed by atoms with Gasteiger partial charge in [0.2, 0.25) is 0 Å². The van der Waals surface area contributed by atoms with Crippen molar-refractivity contribution in [3.8, 4) is 11.5 Å². The number of halogens is 1. The average molecular weight is 291 g/mol. The second-order valence-corrected chi connectivity index (χ2v) is 5.48. The van der Waals surface area contributed by atoms with Crippen molar-refractivity contribution in [2.45, 2.75) is 6.61 Å². The van der Waals surface area contributed by atoms with Gasteiger partial charge in [-0.3, -0.25) is 0 Å². The number of fused-ring (bicyclic) bond motifs is 1. The van der Waals surface area contributed by atoms with Gasteiger partial charge >= 0.3 is 0 Å². The number of phenolic OH excluding ortho intramolecular Hbond substituents is 1. The Morgan fingerprint density at radius 3 is 2.84 bits per heavy atom. The third kappa shape index (κ3) is 2.53. The van der Waals surface area contributed by atoms with Gasteiger partial charge in [-0.15, -0.1) is 11.3 Å². The molecule has 1 aromatic heterocycles. The van der Waals surface area contributed by atoms with Crippen LogP contribution in [0.2, 0.25) is 5.02 Å². The zero-order chi connectivity index (χ0) is 13.2. The number of rotatable bonds is 3. The van der Waals surface area contributed by atoms with Crippen molar-refractivity contribution >= 4 is 33.0 Å². The average Bonchev–Trinajstić information content (AvgIpc) is 2.81. The predicted octanol–water partition coefficient (Wildman–Crippen LogP) is 4.84. The van der Waals surface area contributed by atoms with Crippen LogP contribution in [0.15, 0.2) is 47.8 Å². The summed E-state index contributed by atoms with van der Waals surface area (Å²) in [6.07, 6.45) is 0. The van der Waals surface area contributed by atoms with Gasteiger partial charge in [-0.05, 0) is 29.6 Å². The zero-order valence-electron chi connectivity index (χ0n) is 9.97. The van der Waals surface area contributed by atoms with Gasteiger partial charge in [-0.25, -0.2) is 0 Å². The molecule has 4 heteroatoms. The van der Waals surface area contributed by atoms with Gasteiger partial charge in [0.05, 0.1) is 0 Å². The number of benzene rings is 2. The molecule has 0 spiro atoms. The predicted molar refractivity (Wildman–Crippen MR) is 79.3 cm³/mol. The Bertz CT molecular complexity index is 721. The third-order valence-electron chi connectivity index (χ3n) is 2.84. The van der Waals surface area contributed by atoms with Crippen molar-refractivity contribution in [3.05, 3.63) is 58.4 Å². The molecule has 2 aromatic carbocycles. The van der Waals surface area contributed by atoms with E-state index in [1.54, 1.807) is 29.5 Å². The normalized spacial score (nSPS) is 10.8. The Hall–Kier alpha value is -1.71. The number of ether oxygens (including phenoxy) is 1. The first-order valence-electron chi connectivity index (χ1n) is 5.80. The molecule has 0 bridgehead atoms. The second-order valence-electron chi connectivity index (χ2n) is 4.16. The Morgan fingerprint density at radius 2 is 2.00 bits per heavy atom. The summed E-state index contributed by atoms with van der Waals surface area (Å²) in [4.78, 5) is 0. The number of phenols is 1. The highest BCUT2D eigenvalue weighted by atomic mass is 35.5. The molecule has 0 aliphatic carbocycles. The van der Waals surface area contributed by atoms with Crippen LogP contribution < -0.4 is 4.74 Å². The summed E-state index contributed by atoms with van der Waals surface area (Å²) in [5, 5.41) is 13.2. The lowest BCUT2D eigenvalue weighted by molar-refractivity contribution is 0.306. The standard InChI is InChI=1S/C15H11ClO2S/c16-13-5-2-6-14-15(13)10(9-19-14)8-18-12-4-1-3-11(17)7-12/h1-7,9,17H,8H2. The summed E-state index contributed by atoms with van der Waals surface area (Å²) in [7, 11) is 0. The van der Waals surface area contributed by atoms with Crippen LogP contribution in [0.1, 0.15) is 5.56 Å². The van der Waals surface area contributed by atoms with E-state index in [0.717, 1.165) is 20.7 Å². The molecule has 3 aromatic rings. The molecule has 19 heavy (non-hydrogen) atoms. The van der Waals surface area contributed by atoms with Gasteiger partial charge in [0.25, 0.3) is 0 Å². The smallest absolute Gasteiger partial charge is 0.123 e. The number of thiophene rings is 1. The lowest BCUT2D eigenvalue weighted by atomic mass is 10.2. The molecule has 0 fully saturated rings. The highest BCUT2D eigenvalue weighted by molar-refractivity contribution is 7.17. The quantitative estimate of drug-likeness (QED) is 0.748. The van der Waals surface area contributed by atoms with Gasteiger partial charge < -0.3 is 9.84 Å². The summed E-state index contributed by atoms with van der Waals surface area (Å²) in [6.45, 7) is 0.438. The van der Waals surface area contributed by atoms with E-state index in [9.17, 15) is 5.11 Å². The van der Waals surface area contributed by atoms with E-state index >= 15 is 0 Å². The summed E-state index contributed by atoms with van der Waals surface area (Å²) in [6, 6.07) is 12.7. The molecule has 0 saturated carbocycles. The highest BCUT2D eigenvalue weighted by Gasteiger charge is 2.08. The molecule has 0 unspecified atom stereocenters. The van der Waals surface area contributed by atoms with E-state index in [1.807, 2.05) is 24.3 Å². The third-order valence-corrected chi connectivity index (χ3v) is 4.15. The van der Waals surface area contributed by atoms with Crippen LogP contribution in [0.4, 0.5) is 0 Å². The maximum atomic E-state index is 9.39. The molecule has 1 heterocycles. The summed E-state index contributed by atoms with van der Waals surface area (Å²) in [5.74, 6) is 0.845. The first-order chi connectivity index (χ1) is 9.24. The molecule has 0 saturated heterocycles. The Balaban J connectivity index is 1.86. The molecular formula is C15H11ClO2S. The molecule has 1 N–H and O–H groups in total. The largest absolute Gasteiger partial charge is 0.508 e. The minimum Gasteiger partial charge on any atom is -0.508 e. The van der Waals surface area contributed by atoms with Crippen LogP contribution in [0.25, 0.3) is 10.1 Å². The summed E-state index contributed by atoms with van der Waals surface area (Å²) in [5.41, 5.74) is 1.06. The van der Waals surface area contributed by atoms with E-state index in [0.29, 0.717) is 12.4 Å². The SMILES string of the molecule is Oc1cccc(OCc2csc3cccc(Cl)c23)c1. The molecule has 96 valence electrons. The lowest BCUT2D eigenvalue weighted by Crippen LogP contribution is -1.94. The van der Waals surface area contributed by atoms with E-state index in [2.05, 4.69) is 5.38 Å². The summed E-state index contributed by atoms with van der Waals surface area (Å²) < 4.78 is 6.84. The van der Waals surface area contributed by atoms with Crippen LogP contribution in [-0.4, -0.2) is 5.11 Å². The van der Waals surface area contributed by atoms with Crippen LogP contribution in [0.3, 0.4) is 0 Å². The van der Waals surface area contributed by atoms with Crippen LogP contribution in [0.5, 0.6) is 11.5 Å². The fraction of sp³-hybridized carbons (Fsp3) is 0.0667. The van der Waals surface area contributed by atoms with Gasteiger partial charge in [0, 0.05) is 26.7 Å². The molecule has 0 aliphatic rings. The van der Waals surface area contributed by atoms with Gasteiger partial charge in [-0.2, -0.15) is 0 Å². The molecule has 0 amide bonds. The minimum absolute atomic E-state index is 0.200. The van der Waals surface area contributed by atoms with Crippen molar-refractivity contribution in [2.24, 2.45) is 0 Å². The second kappa shape index (κ2) is 5.11. The maximum Gasteiger partial charge on any atom is 0.123 e. The first kappa shape index (κ1) is 12.3. The van der Waals surface area contributed by atoms with E-state index < -0.39 is 0 Å². The van der Waals surface area contributed by atoms with Gasteiger partial charge in [0.15, 0.2) is 0 Å². The fourth-order valence-corrected chi connectivity index (χ4v) is 3.27. The molecular weight excluding hydrogens is 280 g/mol. The Kier molecular flexibility index (Phi) is 3.32. The maximum absolute atomic E-state index is 9.39. The molecule has 2 nitrogen and oxygen atoms in total. The summed E-state index contributed by atoms with van der Waals surface area (Å²) >= 11 is 7.87. The molecule has 0 radical (unpaired) electrons. The van der Waals surface area contributed by atoms with Crippen molar-refractivity contribution in [2.75, 3.05) is 0 Å². The van der Waals surface area contributed by atoms with Gasteiger partial charge in [0.1, 0.15) is 18.1 Å². The first-order valence-corrected chi connectivity index (χ1v) is 7.06. The van der Waals surface area contributed by atoms with Crippen LogP contribution in [-0.2, 0) is 6.61 Å². The zero-order valence-corrected chi connectivity index (χ0v) is 11.5. The van der Waals surface area contributed by atoms with E-state index in [1.165, 1.54) is 0 Å². The van der Waals surface area contributed by atoms with Crippen molar-refractivity contribution in [1.82, 2.24) is 0 Å². The van der Waals surface area contributed by atoms with Crippen LogP contribution in [0, 0.1) is 0 Å². The fourth-order valence-electron chi connectivity index (χ4n) is 1.95. The lowest BCUT2D eigenvalue weighted by Gasteiger charge is -2.06. The molecule has 0 atom stereocenters. The Labute approximate surface area is 119 Å². The minimum atomic E-state index is 0.200. The number of hydrogen-bond acceptors (Lipinski definition) is 3. The highest BCUT2D eigenvalue weighted by Crippen LogP contribution is 2.32. The van der Waals surface area contributed by atoms with Gasteiger partial charge in [-0.1, -0.05) is 23.7 Å². The monoisotopic (exact) mass is 290 g/mol. The van der Waals surface area contributed by atoms with E-state index in [-0.39, 0.29) is 5.75 Å². The number of hydrogen-bond donors (Lipinski definition) is 1. The van der Waals surface area contributed by atoms with Crippen molar-refractivity contribution in [3.63, 3.8) is 0 Å². The molecule has 0 aliphatic heterocycles. The Morgan fingerprint density at radius 1 is 1.16 bits per heavy atom. The topological polar surface area (TPSA) is 29.5 Å². The van der Waals surface area contributed by atoms with E-state index in [4.69, 9.17) is 16.3 Å². The molecule has 3 rings (SSSR count). The van der Waals surface area contributed by atoms with Crippen molar-refractivity contribution in [1.29, 1.82) is 0 Å². The van der Waals surface area contributed by atoms with Crippen molar-refractivity contribution < 1.29 is 9.84 Å². The number of aromatic hydroxyl groups is 1.